The lowest BCUT2D eigenvalue weighted by molar-refractivity contribution is -0.126. The molecule has 2 aromatic rings. The van der Waals surface area contributed by atoms with E-state index >= 15 is 0 Å². The zero-order valence-electron chi connectivity index (χ0n) is 19.9. The van der Waals surface area contributed by atoms with Gasteiger partial charge in [-0.3, -0.25) is 9.69 Å². The molecule has 1 N–H and O–H groups in total. The summed E-state index contributed by atoms with van der Waals surface area (Å²) in [7, 11) is -3.57. The second-order valence-corrected chi connectivity index (χ2v) is 12.3. The number of halogens is 2. The van der Waals surface area contributed by atoms with Crippen molar-refractivity contribution in [3.8, 4) is 0 Å². The molecule has 0 atom stereocenters. The van der Waals surface area contributed by atoms with Gasteiger partial charge >= 0.3 is 0 Å². The molecule has 4 rings (SSSR count). The van der Waals surface area contributed by atoms with Crippen molar-refractivity contribution >= 4 is 39.1 Å². The van der Waals surface area contributed by atoms with Crippen LogP contribution in [0.4, 0.5) is 0 Å². The highest BCUT2D eigenvalue weighted by Crippen LogP contribution is 2.29. The van der Waals surface area contributed by atoms with Gasteiger partial charge < -0.3 is 5.32 Å². The summed E-state index contributed by atoms with van der Waals surface area (Å²) >= 11 is 12.3. The van der Waals surface area contributed by atoms with E-state index in [1.807, 2.05) is 6.07 Å². The Labute approximate surface area is 218 Å². The van der Waals surface area contributed by atoms with E-state index < -0.39 is 10.0 Å². The number of piperidine rings is 2. The molecule has 35 heavy (non-hydrogen) atoms. The minimum Gasteiger partial charge on any atom is -0.352 e. The van der Waals surface area contributed by atoms with Gasteiger partial charge in [0.25, 0.3) is 0 Å². The van der Waals surface area contributed by atoms with Crippen LogP contribution in [0.3, 0.4) is 0 Å². The molecule has 0 unspecified atom stereocenters. The molecule has 0 radical (unpaired) electrons. The number of hydrogen-bond acceptors (Lipinski definition) is 4. The second-order valence-electron chi connectivity index (χ2n) is 9.50. The Morgan fingerprint density at radius 1 is 0.914 bits per heavy atom. The SMILES string of the molecule is O=C(NCc1cccc(CN2CCCCC2)c1)C1CCN(S(=O)(=O)Cc2c(Cl)cccc2Cl)CC1. The van der Waals surface area contributed by atoms with Crippen molar-refractivity contribution < 1.29 is 13.2 Å². The van der Waals surface area contributed by atoms with Crippen molar-refractivity contribution in [2.45, 2.75) is 50.9 Å². The van der Waals surface area contributed by atoms with Gasteiger partial charge in [0.05, 0.1) is 5.75 Å². The predicted octanol–water partition coefficient (Wildman–Crippen LogP) is 4.84. The van der Waals surface area contributed by atoms with Gasteiger partial charge in [0.15, 0.2) is 0 Å². The van der Waals surface area contributed by atoms with E-state index in [1.54, 1.807) is 18.2 Å². The van der Waals surface area contributed by atoms with Crippen LogP contribution in [0.2, 0.25) is 10.0 Å². The third kappa shape index (κ3) is 7.20. The molecule has 190 valence electrons. The molecule has 2 aliphatic rings. The third-order valence-corrected chi connectivity index (χ3v) is 9.43. The zero-order chi connectivity index (χ0) is 24.8. The molecule has 2 saturated heterocycles. The Balaban J connectivity index is 1.26. The van der Waals surface area contributed by atoms with Crippen molar-refractivity contribution in [3.63, 3.8) is 0 Å². The molecule has 2 heterocycles. The molecule has 0 saturated carbocycles. The Hall–Kier alpha value is -1.64. The first-order chi connectivity index (χ1) is 16.8. The van der Waals surface area contributed by atoms with Crippen molar-refractivity contribution in [1.29, 1.82) is 0 Å². The van der Waals surface area contributed by atoms with Crippen LogP contribution in [0, 0.1) is 5.92 Å². The van der Waals surface area contributed by atoms with E-state index in [0.29, 0.717) is 48.1 Å². The lowest BCUT2D eigenvalue weighted by Gasteiger charge is -2.30. The monoisotopic (exact) mass is 537 g/mol. The van der Waals surface area contributed by atoms with Gasteiger partial charge in [-0.15, -0.1) is 0 Å². The number of carbonyl (C=O) groups is 1. The smallest absolute Gasteiger partial charge is 0.223 e. The van der Waals surface area contributed by atoms with Gasteiger partial charge in [0, 0.05) is 47.7 Å². The summed E-state index contributed by atoms with van der Waals surface area (Å²) < 4.78 is 27.3. The van der Waals surface area contributed by atoms with Crippen molar-refractivity contribution in [1.82, 2.24) is 14.5 Å². The quantitative estimate of drug-likeness (QED) is 0.523. The summed E-state index contributed by atoms with van der Waals surface area (Å²) in [5.41, 5.74) is 2.78. The third-order valence-electron chi connectivity index (χ3n) is 6.92. The summed E-state index contributed by atoms with van der Waals surface area (Å²) in [5, 5.41) is 3.74. The lowest BCUT2D eigenvalue weighted by atomic mass is 9.97. The standard InChI is InChI=1S/C26H33Cl2N3O3S/c27-24-8-5-9-25(28)23(24)19-35(33,34)31-14-10-22(11-15-31)26(32)29-17-20-6-4-7-21(16-20)18-30-12-2-1-3-13-30/h4-9,16,22H,1-3,10-15,17-19H2,(H,29,32). The number of nitrogens with zero attached hydrogens (tertiary/aromatic N) is 2. The maximum atomic E-state index is 12.9. The molecular formula is C26H33Cl2N3O3S. The maximum absolute atomic E-state index is 12.9. The number of sulfonamides is 1. The number of nitrogens with one attached hydrogen (secondary N) is 1. The highest BCUT2D eigenvalue weighted by Gasteiger charge is 2.32. The van der Waals surface area contributed by atoms with Crippen LogP contribution in [-0.4, -0.2) is 49.7 Å². The topological polar surface area (TPSA) is 69.7 Å². The first kappa shape index (κ1) is 26.4. The van der Waals surface area contributed by atoms with Crippen molar-refractivity contribution in [2.24, 2.45) is 5.92 Å². The molecule has 0 aromatic heterocycles. The second kappa shape index (κ2) is 12.1. The summed E-state index contributed by atoms with van der Waals surface area (Å²) in [6.45, 7) is 4.37. The van der Waals surface area contributed by atoms with E-state index in [2.05, 4.69) is 28.4 Å². The number of benzene rings is 2. The van der Waals surface area contributed by atoms with Gasteiger partial charge in [-0.25, -0.2) is 12.7 Å². The Morgan fingerprint density at radius 3 is 2.23 bits per heavy atom. The van der Waals surface area contributed by atoms with Gasteiger partial charge in [0.1, 0.15) is 0 Å². The van der Waals surface area contributed by atoms with Crippen LogP contribution in [-0.2, 0) is 33.7 Å². The zero-order valence-corrected chi connectivity index (χ0v) is 22.2. The number of rotatable bonds is 8. The predicted molar refractivity (Wildman–Crippen MR) is 141 cm³/mol. The van der Waals surface area contributed by atoms with Crippen LogP contribution < -0.4 is 5.32 Å². The molecule has 0 spiro atoms. The molecule has 2 aromatic carbocycles. The van der Waals surface area contributed by atoms with Crippen molar-refractivity contribution in [3.05, 3.63) is 69.2 Å². The number of amides is 1. The number of carbonyl (C=O) groups excluding carboxylic acids is 1. The van der Waals surface area contributed by atoms with Gasteiger partial charge in [-0.2, -0.15) is 0 Å². The Bertz CT molecular complexity index is 1110. The summed E-state index contributed by atoms with van der Waals surface area (Å²) in [6.07, 6.45) is 4.85. The average Bonchev–Trinajstić information content (AvgIpc) is 2.86. The number of hydrogen-bond donors (Lipinski definition) is 1. The highest BCUT2D eigenvalue weighted by molar-refractivity contribution is 7.88. The largest absolute Gasteiger partial charge is 0.352 e. The number of likely N-dealkylation sites (tertiary alicyclic amines) is 1. The molecule has 2 fully saturated rings. The molecule has 0 bridgehead atoms. The first-order valence-electron chi connectivity index (χ1n) is 12.3. The van der Waals surface area contributed by atoms with Crippen LogP contribution in [0.25, 0.3) is 0 Å². The van der Waals surface area contributed by atoms with E-state index in [0.717, 1.165) is 25.2 Å². The molecule has 9 heteroatoms. The van der Waals surface area contributed by atoms with Crippen LogP contribution in [0.5, 0.6) is 0 Å². The van der Waals surface area contributed by atoms with Gasteiger partial charge in [-0.1, -0.05) is 60.0 Å². The Kier molecular flexibility index (Phi) is 9.11. The van der Waals surface area contributed by atoms with Crippen LogP contribution in [0.15, 0.2) is 42.5 Å². The highest BCUT2D eigenvalue weighted by atomic mass is 35.5. The van der Waals surface area contributed by atoms with E-state index in [1.165, 1.54) is 29.1 Å². The van der Waals surface area contributed by atoms with E-state index in [9.17, 15) is 13.2 Å². The molecule has 6 nitrogen and oxygen atoms in total. The van der Waals surface area contributed by atoms with E-state index in [-0.39, 0.29) is 17.6 Å². The molecule has 1 amide bonds. The van der Waals surface area contributed by atoms with Crippen molar-refractivity contribution in [2.75, 3.05) is 26.2 Å². The van der Waals surface area contributed by atoms with Crippen LogP contribution >= 0.6 is 23.2 Å². The van der Waals surface area contributed by atoms with Gasteiger partial charge in [0.2, 0.25) is 15.9 Å². The fourth-order valence-corrected chi connectivity index (χ4v) is 7.20. The molecular weight excluding hydrogens is 505 g/mol. The van der Waals surface area contributed by atoms with Crippen LogP contribution in [0.1, 0.15) is 48.8 Å². The fraction of sp³-hybridized carbons (Fsp3) is 0.500. The Morgan fingerprint density at radius 2 is 1.54 bits per heavy atom. The average molecular weight is 539 g/mol. The molecule has 0 aliphatic carbocycles. The first-order valence-corrected chi connectivity index (χ1v) is 14.7. The minimum absolute atomic E-state index is 0.0161. The molecule has 2 aliphatic heterocycles. The summed E-state index contributed by atoms with van der Waals surface area (Å²) in [5.74, 6) is -0.449. The summed E-state index contributed by atoms with van der Waals surface area (Å²) in [4.78, 5) is 15.3. The maximum Gasteiger partial charge on any atom is 0.223 e. The minimum atomic E-state index is -3.57. The fourth-order valence-electron chi connectivity index (χ4n) is 4.89. The van der Waals surface area contributed by atoms with Gasteiger partial charge in [-0.05, 0) is 62.0 Å². The normalized spacial score (nSPS) is 18.5. The summed E-state index contributed by atoms with van der Waals surface area (Å²) in [6, 6.07) is 13.4. The van der Waals surface area contributed by atoms with E-state index in [4.69, 9.17) is 23.2 Å². The lowest BCUT2D eigenvalue weighted by Crippen LogP contribution is -2.43.